The van der Waals surface area contributed by atoms with Crippen LogP contribution in [0.1, 0.15) is 21.5 Å². The van der Waals surface area contributed by atoms with E-state index in [1.807, 2.05) is 0 Å². The van der Waals surface area contributed by atoms with Crippen molar-refractivity contribution in [3.63, 3.8) is 0 Å². The van der Waals surface area contributed by atoms with Gasteiger partial charge in [0.15, 0.2) is 0 Å². The topological polar surface area (TPSA) is 72.9 Å². The van der Waals surface area contributed by atoms with E-state index < -0.39 is 38.5 Å². The Morgan fingerprint density at radius 3 is 2.29 bits per heavy atom. The fourth-order valence-electron chi connectivity index (χ4n) is 3.13. The number of carbonyl (C=O) groups excluding carboxylic acids is 1. The van der Waals surface area contributed by atoms with Gasteiger partial charge < -0.3 is 13.8 Å². The summed E-state index contributed by atoms with van der Waals surface area (Å²) in [4.78, 5) is 13.6. The highest BCUT2D eigenvalue weighted by Crippen LogP contribution is 2.31. The molecule has 11 heteroatoms. The van der Waals surface area contributed by atoms with Crippen molar-refractivity contribution >= 4 is 16.0 Å². The van der Waals surface area contributed by atoms with Crippen LogP contribution < -0.4 is 4.18 Å². The van der Waals surface area contributed by atoms with Crippen LogP contribution in [0.5, 0.6) is 5.75 Å². The Kier molecular flexibility index (Phi) is 8.13. The zero-order chi connectivity index (χ0) is 25.6. The molecular weight excluding hydrogens is 490 g/mol. The Hall–Kier alpha value is -3.44. The molecule has 0 saturated heterocycles. The molecule has 0 aromatic heterocycles. The normalized spacial score (nSPS) is 11.8. The first-order chi connectivity index (χ1) is 16.5. The molecular formula is C24H21F4NO5S. The molecule has 0 atom stereocenters. The number of carbonyl (C=O) groups is 1. The van der Waals surface area contributed by atoms with Crippen LogP contribution in [0.15, 0.2) is 77.7 Å². The van der Waals surface area contributed by atoms with Gasteiger partial charge in [-0.2, -0.15) is 21.6 Å². The number of rotatable bonds is 9. The molecule has 3 aromatic carbocycles. The molecule has 0 N–H and O–H groups in total. The predicted octanol–water partition coefficient (Wildman–Crippen LogP) is 4.90. The molecule has 186 valence electrons. The molecule has 0 saturated carbocycles. The van der Waals surface area contributed by atoms with E-state index in [1.165, 1.54) is 54.5 Å². The largest absolute Gasteiger partial charge is 0.416 e. The summed E-state index contributed by atoms with van der Waals surface area (Å²) in [7, 11) is -3.04. The highest BCUT2D eigenvalue weighted by atomic mass is 32.2. The lowest BCUT2D eigenvalue weighted by atomic mass is 10.1. The molecule has 0 aliphatic carbocycles. The van der Waals surface area contributed by atoms with E-state index >= 15 is 0 Å². The highest BCUT2D eigenvalue weighted by molar-refractivity contribution is 7.87. The molecule has 3 rings (SSSR count). The number of amides is 1. The SMILES string of the molecule is COCCN(Cc1ccc(OS(=O)(=O)c2cccc(C(F)(F)F)c2)cc1)C(=O)c1cccc(F)c1. The first-order valence-corrected chi connectivity index (χ1v) is 11.6. The first kappa shape index (κ1) is 26.2. The fraction of sp³-hybridized carbons (Fsp3) is 0.208. The monoisotopic (exact) mass is 511 g/mol. The average molecular weight is 511 g/mol. The summed E-state index contributed by atoms with van der Waals surface area (Å²) in [5.74, 6) is -1.09. The summed E-state index contributed by atoms with van der Waals surface area (Å²) < 4.78 is 87.2. The van der Waals surface area contributed by atoms with Gasteiger partial charge >= 0.3 is 16.3 Å². The molecule has 0 radical (unpaired) electrons. The van der Waals surface area contributed by atoms with Crippen molar-refractivity contribution in [2.45, 2.75) is 17.6 Å². The van der Waals surface area contributed by atoms with Gasteiger partial charge in [-0.25, -0.2) is 4.39 Å². The van der Waals surface area contributed by atoms with Crippen molar-refractivity contribution in [1.29, 1.82) is 0 Å². The summed E-state index contributed by atoms with van der Waals surface area (Å²) >= 11 is 0. The molecule has 0 bridgehead atoms. The quantitative estimate of drug-likeness (QED) is 0.302. The van der Waals surface area contributed by atoms with Crippen LogP contribution in [0.2, 0.25) is 0 Å². The Labute approximate surface area is 199 Å². The standard InChI is InChI=1S/C24H21F4NO5S/c1-33-13-12-29(23(30)18-4-2-6-20(25)14-18)16-17-8-10-21(11-9-17)34-35(31,32)22-7-3-5-19(15-22)24(26,27)28/h2-11,14-15H,12-13,16H2,1H3. The van der Waals surface area contributed by atoms with Crippen LogP contribution in [0.25, 0.3) is 0 Å². The van der Waals surface area contributed by atoms with Crippen LogP contribution in [-0.4, -0.2) is 39.5 Å². The fourth-order valence-corrected chi connectivity index (χ4v) is 4.11. The third-order valence-corrected chi connectivity index (χ3v) is 6.12. The summed E-state index contributed by atoms with van der Waals surface area (Å²) in [6.45, 7) is 0.560. The summed E-state index contributed by atoms with van der Waals surface area (Å²) in [5, 5.41) is 0. The smallest absolute Gasteiger partial charge is 0.383 e. The minimum absolute atomic E-state index is 0.110. The lowest BCUT2D eigenvalue weighted by molar-refractivity contribution is -0.137. The van der Waals surface area contributed by atoms with Crippen molar-refractivity contribution in [1.82, 2.24) is 4.90 Å². The van der Waals surface area contributed by atoms with Gasteiger partial charge in [0, 0.05) is 25.8 Å². The zero-order valence-electron chi connectivity index (χ0n) is 18.5. The van der Waals surface area contributed by atoms with Gasteiger partial charge in [-0.3, -0.25) is 4.79 Å². The molecule has 1 amide bonds. The second-order valence-corrected chi connectivity index (χ2v) is 8.98. The van der Waals surface area contributed by atoms with Crippen LogP contribution in [0, 0.1) is 5.82 Å². The number of benzene rings is 3. The molecule has 0 unspecified atom stereocenters. The number of hydrogen-bond acceptors (Lipinski definition) is 5. The van der Waals surface area contributed by atoms with Crippen LogP contribution in [0.4, 0.5) is 17.6 Å². The van der Waals surface area contributed by atoms with Gasteiger partial charge in [0.25, 0.3) is 5.91 Å². The maximum absolute atomic E-state index is 13.5. The molecule has 0 aliphatic heterocycles. The maximum Gasteiger partial charge on any atom is 0.416 e. The lowest BCUT2D eigenvalue weighted by Crippen LogP contribution is -2.33. The van der Waals surface area contributed by atoms with Gasteiger partial charge in [0.2, 0.25) is 0 Å². The van der Waals surface area contributed by atoms with Gasteiger partial charge in [0.1, 0.15) is 16.5 Å². The Morgan fingerprint density at radius 1 is 0.971 bits per heavy atom. The highest BCUT2D eigenvalue weighted by Gasteiger charge is 2.32. The molecule has 0 fully saturated rings. The van der Waals surface area contributed by atoms with E-state index in [-0.39, 0.29) is 31.0 Å². The van der Waals surface area contributed by atoms with Gasteiger partial charge in [0.05, 0.1) is 12.2 Å². The number of halogens is 4. The predicted molar refractivity (Wildman–Crippen MR) is 119 cm³/mol. The number of nitrogens with zero attached hydrogens (tertiary/aromatic N) is 1. The van der Waals surface area contributed by atoms with Gasteiger partial charge in [-0.05, 0) is 54.1 Å². The number of ether oxygens (including phenoxy) is 1. The molecule has 3 aromatic rings. The molecule has 0 spiro atoms. The second-order valence-electron chi connectivity index (χ2n) is 7.44. The lowest BCUT2D eigenvalue weighted by Gasteiger charge is -2.23. The molecule has 0 heterocycles. The van der Waals surface area contributed by atoms with Crippen molar-refractivity contribution in [2.24, 2.45) is 0 Å². The van der Waals surface area contributed by atoms with Crippen molar-refractivity contribution in [3.05, 3.63) is 95.3 Å². The van der Waals surface area contributed by atoms with Crippen molar-refractivity contribution in [2.75, 3.05) is 20.3 Å². The Bertz CT molecular complexity index is 1280. The van der Waals surface area contributed by atoms with Gasteiger partial charge in [-0.15, -0.1) is 0 Å². The summed E-state index contributed by atoms with van der Waals surface area (Å²) in [6, 6.07) is 14.2. The third-order valence-electron chi connectivity index (χ3n) is 4.88. The molecule has 35 heavy (non-hydrogen) atoms. The number of alkyl halides is 3. The first-order valence-electron chi connectivity index (χ1n) is 10.2. The zero-order valence-corrected chi connectivity index (χ0v) is 19.3. The third kappa shape index (κ3) is 7.03. The minimum Gasteiger partial charge on any atom is -0.383 e. The summed E-state index contributed by atoms with van der Waals surface area (Å²) in [6.07, 6.45) is -4.70. The van der Waals surface area contributed by atoms with E-state index in [2.05, 4.69) is 0 Å². The maximum atomic E-state index is 13.5. The Morgan fingerprint density at radius 2 is 1.66 bits per heavy atom. The van der Waals surface area contributed by atoms with Crippen molar-refractivity contribution < 1.29 is 39.7 Å². The minimum atomic E-state index is -4.70. The van der Waals surface area contributed by atoms with E-state index in [0.717, 1.165) is 24.3 Å². The average Bonchev–Trinajstić information content (AvgIpc) is 2.82. The second kappa shape index (κ2) is 10.9. The van der Waals surface area contributed by atoms with E-state index in [4.69, 9.17) is 8.92 Å². The van der Waals surface area contributed by atoms with E-state index in [0.29, 0.717) is 11.6 Å². The molecule has 6 nitrogen and oxygen atoms in total. The van der Waals surface area contributed by atoms with Crippen LogP contribution >= 0.6 is 0 Å². The van der Waals surface area contributed by atoms with Gasteiger partial charge in [-0.1, -0.05) is 24.3 Å². The summed E-state index contributed by atoms with van der Waals surface area (Å²) in [5.41, 5.74) is -0.348. The number of methoxy groups -OCH3 is 1. The molecule has 0 aliphatic rings. The number of hydrogen-bond donors (Lipinski definition) is 0. The van der Waals surface area contributed by atoms with Crippen LogP contribution in [-0.2, 0) is 27.6 Å². The van der Waals surface area contributed by atoms with Crippen LogP contribution in [0.3, 0.4) is 0 Å². The van der Waals surface area contributed by atoms with Crippen molar-refractivity contribution in [3.8, 4) is 5.75 Å². The Balaban J connectivity index is 1.75. The van der Waals surface area contributed by atoms with E-state index in [1.54, 1.807) is 0 Å². The van der Waals surface area contributed by atoms with E-state index in [9.17, 15) is 30.8 Å².